The van der Waals surface area contributed by atoms with Crippen LogP contribution in [0.5, 0.6) is 0 Å². The van der Waals surface area contributed by atoms with Gasteiger partial charge in [0.2, 0.25) is 0 Å². The first-order valence-electron chi connectivity index (χ1n) is 5.50. The number of nitrogens with one attached hydrogen (secondary N) is 1. The molecule has 0 saturated heterocycles. The molecule has 2 aromatic heterocycles. The molecule has 6 nitrogen and oxygen atoms in total. The van der Waals surface area contributed by atoms with Crippen LogP contribution in [0.2, 0.25) is 0 Å². The maximum atomic E-state index is 5.62. The van der Waals surface area contributed by atoms with Gasteiger partial charge in [-0.3, -0.25) is 4.68 Å². The van der Waals surface area contributed by atoms with Gasteiger partial charge >= 0.3 is 0 Å². The lowest BCUT2D eigenvalue weighted by Gasteiger charge is -2.08. The molecule has 0 amide bonds. The third-order valence-electron chi connectivity index (χ3n) is 2.36. The summed E-state index contributed by atoms with van der Waals surface area (Å²) in [6, 6.07) is 3.65. The minimum atomic E-state index is 0.335. The number of nitrogens with two attached hydrogens (primary N) is 1. The van der Waals surface area contributed by atoms with Crippen LogP contribution >= 0.6 is 12.2 Å². The summed E-state index contributed by atoms with van der Waals surface area (Å²) >= 11 is 4.97. The molecule has 0 unspecified atom stereocenters. The third-order valence-corrected chi connectivity index (χ3v) is 2.58. The Morgan fingerprint density at radius 3 is 3.00 bits per heavy atom. The van der Waals surface area contributed by atoms with E-state index >= 15 is 0 Å². The van der Waals surface area contributed by atoms with Crippen LogP contribution in [0.15, 0.2) is 24.7 Å². The summed E-state index contributed by atoms with van der Waals surface area (Å²) < 4.78 is 1.68. The zero-order valence-corrected chi connectivity index (χ0v) is 10.8. The molecular weight excluding hydrogens is 248 g/mol. The van der Waals surface area contributed by atoms with Crippen molar-refractivity contribution in [2.24, 2.45) is 12.8 Å². The van der Waals surface area contributed by atoms with Gasteiger partial charge in [-0.1, -0.05) is 12.2 Å². The molecule has 18 heavy (non-hydrogen) atoms. The summed E-state index contributed by atoms with van der Waals surface area (Å²) in [5.41, 5.74) is 6.38. The van der Waals surface area contributed by atoms with Crippen LogP contribution in [0.1, 0.15) is 11.4 Å². The first-order valence-corrected chi connectivity index (χ1v) is 5.91. The average Bonchev–Trinajstić information content (AvgIpc) is 2.75. The van der Waals surface area contributed by atoms with Gasteiger partial charge in [0, 0.05) is 26.2 Å². The number of hydrogen-bond donors (Lipinski definition) is 2. The Morgan fingerprint density at radius 2 is 2.33 bits per heavy atom. The monoisotopic (exact) mass is 262 g/mol. The van der Waals surface area contributed by atoms with E-state index in [-0.39, 0.29) is 0 Å². The summed E-state index contributed by atoms with van der Waals surface area (Å²) in [7, 11) is 1.84. The van der Waals surface area contributed by atoms with E-state index in [2.05, 4.69) is 20.4 Å². The minimum absolute atomic E-state index is 0.335. The molecule has 0 spiro atoms. The Labute approximate surface area is 110 Å². The molecule has 2 aromatic rings. The molecule has 0 aliphatic rings. The van der Waals surface area contributed by atoms with Crippen molar-refractivity contribution in [3.05, 3.63) is 36.0 Å². The molecule has 3 N–H and O–H groups in total. The Balaban J connectivity index is 1.96. The Kier molecular flexibility index (Phi) is 3.83. The Morgan fingerprint density at radius 1 is 1.50 bits per heavy atom. The van der Waals surface area contributed by atoms with Crippen molar-refractivity contribution in [1.82, 2.24) is 19.7 Å². The van der Waals surface area contributed by atoms with Gasteiger partial charge < -0.3 is 11.1 Å². The molecule has 0 atom stereocenters. The van der Waals surface area contributed by atoms with Gasteiger partial charge in [0.05, 0.1) is 5.56 Å². The molecule has 2 heterocycles. The highest BCUT2D eigenvalue weighted by Gasteiger charge is 2.05. The fourth-order valence-corrected chi connectivity index (χ4v) is 1.70. The second-order valence-electron chi connectivity index (χ2n) is 3.78. The van der Waals surface area contributed by atoms with E-state index in [1.807, 2.05) is 13.1 Å². The fraction of sp³-hybridized carbons (Fsp3) is 0.273. The molecule has 0 aliphatic heterocycles. The van der Waals surface area contributed by atoms with Crippen LogP contribution < -0.4 is 11.1 Å². The predicted octanol–water partition coefficient (Wildman–Crippen LogP) is 0.499. The van der Waals surface area contributed by atoms with Crippen LogP contribution in [0.3, 0.4) is 0 Å². The van der Waals surface area contributed by atoms with E-state index in [0.29, 0.717) is 23.8 Å². The van der Waals surface area contributed by atoms with Crippen molar-refractivity contribution in [2.75, 3.05) is 11.9 Å². The molecule has 7 heteroatoms. The minimum Gasteiger partial charge on any atom is -0.389 e. The highest BCUT2D eigenvalue weighted by atomic mass is 32.1. The second-order valence-corrected chi connectivity index (χ2v) is 4.21. The van der Waals surface area contributed by atoms with Crippen molar-refractivity contribution >= 4 is 23.0 Å². The Hall–Kier alpha value is -2.02. The second kappa shape index (κ2) is 5.54. The highest BCUT2D eigenvalue weighted by molar-refractivity contribution is 7.80. The lowest BCUT2D eigenvalue weighted by Crippen LogP contribution is -2.15. The maximum absolute atomic E-state index is 5.62. The molecule has 0 aromatic carbocycles. The molecule has 2 rings (SSSR count). The van der Waals surface area contributed by atoms with Gasteiger partial charge in [-0.2, -0.15) is 5.10 Å². The average molecular weight is 262 g/mol. The number of thiocarbonyl (C=S) groups is 1. The van der Waals surface area contributed by atoms with Gasteiger partial charge in [0.25, 0.3) is 0 Å². The molecule has 0 fully saturated rings. The summed E-state index contributed by atoms with van der Waals surface area (Å²) in [6.07, 6.45) is 4.09. The molecule has 0 radical (unpaired) electrons. The van der Waals surface area contributed by atoms with Crippen molar-refractivity contribution in [3.63, 3.8) is 0 Å². The number of nitrogens with zero attached hydrogens (tertiary/aromatic N) is 4. The number of anilines is 1. The molecular formula is C11H14N6S. The van der Waals surface area contributed by atoms with Gasteiger partial charge in [-0.05, 0) is 12.1 Å². The number of rotatable bonds is 5. The molecule has 0 bridgehead atoms. The summed E-state index contributed by atoms with van der Waals surface area (Å²) in [5.74, 6) is 1.48. The van der Waals surface area contributed by atoms with Crippen LogP contribution in [-0.4, -0.2) is 31.3 Å². The lowest BCUT2D eigenvalue weighted by atomic mass is 10.2. The molecule has 0 saturated carbocycles. The van der Waals surface area contributed by atoms with E-state index in [0.717, 1.165) is 11.4 Å². The fourth-order valence-electron chi connectivity index (χ4n) is 1.54. The van der Waals surface area contributed by atoms with E-state index in [1.54, 1.807) is 23.3 Å². The van der Waals surface area contributed by atoms with E-state index in [9.17, 15) is 0 Å². The van der Waals surface area contributed by atoms with Crippen molar-refractivity contribution in [2.45, 2.75) is 6.42 Å². The molecule has 94 valence electrons. The number of pyridine rings is 1. The summed E-state index contributed by atoms with van der Waals surface area (Å²) in [4.78, 5) is 8.69. The largest absolute Gasteiger partial charge is 0.389 e. The third kappa shape index (κ3) is 3.01. The first kappa shape index (κ1) is 12.4. The number of hydrogen-bond acceptors (Lipinski definition) is 5. The first-order chi connectivity index (χ1) is 8.66. The quantitative estimate of drug-likeness (QED) is 0.764. The summed E-state index contributed by atoms with van der Waals surface area (Å²) in [6.45, 7) is 0.677. The van der Waals surface area contributed by atoms with E-state index < -0.39 is 0 Å². The number of aryl methyl sites for hydroxylation is 1. The topological polar surface area (TPSA) is 81.7 Å². The Bertz CT molecular complexity index is 550. The van der Waals surface area contributed by atoms with Crippen LogP contribution in [-0.2, 0) is 13.5 Å². The van der Waals surface area contributed by atoms with Gasteiger partial charge in [0.1, 0.15) is 17.1 Å². The van der Waals surface area contributed by atoms with Gasteiger partial charge in [-0.15, -0.1) is 0 Å². The summed E-state index contributed by atoms with van der Waals surface area (Å²) in [5, 5.41) is 7.38. The SMILES string of the molecule is Cn1cnc(CCNc2ncccc2C(N)=S)n1. The zero-order chi connectivity index (χ0) is 13.0. The van der Waals surface area contributed by atoms with Crippen molar-refractivity contribution in [3.8, 4) is 0 Å². The van der Waals surface area contributed by atoms with Gasteiger partial charge in [-0.25, -0.2) is 9.97 Å². The zero-order valence-electron chi connectivity index (χ0n) is 10.00. The van der Waals surface area contributed by atoms with Gasteiger partial charge in [0.15, 0.2) is 5.82 Å². The lowest BCUT2D eigenvalue weighted by molar-refractivity contribution is 0.742. The van der Waals surface area contributed by atoms with Crippen molar-refractivity contribution < 1.29 is 0 Å². The van der Waals surface area contributed by atoms with E-state index in [4.69, 9.17) is 18.0 Å². The highest BCUT2D eigenvalue weighted by Crippen LogP contribution is 2.10. The van der Waals surface area contributed by atoms with Crippen LogP contribution in [0.25, 0.3) is 0 Å². The van der Waals surface area contributed by atoms with E-state index in [1.165, 1.54) is 0 Å². The maximum Gasteiger partial charge on any atom is 0.152 e. The number of aromatic nitrogens is 4. The van der Waals surface area contributed by atoms with Crippen LogP contribution in [0.4, 0.5) is 5.82 Å². The standard InChI is InChI=1S/C11H14N6S/c1-17-7-15-9(16-17)4-6-14-11-8(10(12)18)3-2-5-13-11/h2-3,5,7H,4,6H2,1H3,(H2,12,18)(H,13,14). The van der Waals surface area contributed by atoms with Crippen LogP contribution in [0, 0.1) is 0 Å². The normalized spacial score (nSPS) is 10.3. The smallest absolute Gasteiger partial charge is 0.152 e. The predicted molar refractivity (Wildman–Crippen MR) is 73.3 cm³/mol. The molecule has 0 aliphatic carbocycles. The van der Waals surface area contributed by atoms with Crippen molar-refractivity contribution in [1.29, 1.82) is 0 Å².